The second-order valence-corrected chi connectivity index (χ2v) is 7.95. The van der Waals surface area contributed by atoms with Crippen LogP contribution in [-0.2, 0) is 29.0 Å². The van der Waals surface area contributed by atoms with Gasteiger partial charge in [-0.3, -0.25) is 9.59 Å². The highest BCUT2D eigenvalue weighted by Crippen LogP contribution is 2.24. The Morgan fingerprint density at radius 3 is 2.57 bits per heavy atom. The van der Waals surface area contributed by atoms with Crippen molar-refractivity contribution >= 4 is 11.8 Å². The molecule has 1 fully saturated rings. The molecule has 6 heteroatoms. The predicted octanol–water partition coefficient (Wildman–Crippen LogP) is 2.56. The Morgan fingerprint density at radius 2 is 1.82 bits per heavy atom. The number of hydrogen-bond acceptors (Lipinski definition) is 3. The number of fused-ring (bicyclic) bond motifs is 1. The summed E-state index contributed by atoms with van der Waals surface area (Å²) in [6.07, 6.45) is 8.19. The van der Waals surface area contributed by atoms with Gasteiger partial charge in [-0.25, -0.2) is 4.98 Å². The first kappa shape index (κ1) is 18.7. The summed E-state index contributed by atoms with van der Waals surface area (Å²) in [5.41, 5.74) is 3.52. The average molecular weight is 380 g/mol. The number of benzene rings is 1. The van der Waals surface area contributed by atoms with Gasteiger partial charge in [0.1, 0.15) is 0 Å². The number of rotatable bonds is 5. The molecule has 1 saturated heterocycles. The molecule has 0 unspecified atom stereocenters. The number of nitrogens with one attached hydrogen (secondary N) is 1. The zero-order valence-corrected chi connectivity index (χ0v) is 16.3. The Labute approximate surface area is 165 Å². The second-order valence-electron chi connectivity index (χ2n) is 7.95. The van der Waals surface area contributed by atoms with E-state index in [1.165, 1.54) is 11.1 Å². The lowest BCUT2D eigenvalue weighted by Crippen LogP contribution is -2.40. The van der Waals surface area contributed by atoms with Crippen molar-refractivity contribution in [1.29, 1.82) is 0 Å². The van der Waals surface area contributed by atoms with Gasteiger partial charge in [-0.15, -0.1) is 0 Å². The minimum Gasteiger partial charge on any atom is -0.348 e. The standard InChI is InChI=1S/C22H28N4O2/c27-21(26-12-9-18-3-1-2-4-19(18)15-26)6-5-17-7-10-25(11-8-17)22(28)13-20-14-23-16-24-20/h1-4,14,16-17H,5-13,15H2,(H,23,24). The highest BCUT2D eigenvalue weighted by molar-refractivity contribution is 5.78. The number of hydrogen-bond donors (Lipinski definition) is 1. The van der Waals surface area contributed by atoms with E-state index in [1.807, 2.05) is 15.9 Å². The van der Waals surface area contributed by atoms with Crippen LogP contribution in [0.5, 0.6) is 0 Å². The third-order valence-electron chi connectivity index (χ3n) is 6.11. The number of aromatic nitrogens is 2. The fourth-order valence-electron chi connectivity index (χ4n) is 4.32. The van der Waals surface area contributed by atoms with Gasteiger partial charge in [-0.2, -0.15) is 0 Å². The fourth-order valence-corrected chi connectivity index (χ4v) is 4.32. The van der Waals surface area contributed by atoms with Crippen LogP contribution in [0.1, 0.15) is 42.5 Å². The summed E-state index contributed by atoms with van der Waals surface area (Å²) in [6, 6.07) is 8.42. The van der Waals surface area contributed by atoms with Gasteiger partial charge < -0.3 is 14.8 Å². The largest absolute Gasteiger partial charge is 0.348 e. The van der Waals surface area contributed by atoms with E-state index in [1.54, 1.807) is 12.5 Å². The van der Waals surface area contributed by atoms with Crippen LogP contribution in [0.3, 0.4) is 0 Å². The topological polar surface area (TPSA) is 69.3 Å². The first-order valence-electron chi connectivity index (χ1n) is 10.3. The summed E-state index contributed by atoms with van der Waals surface area (Å²) < 4.78 is 0. The maximum atomic E-state index is 12.7. The lowest BCUT2D eigenvalue weighted by Gasteiger charge is -2.33. The molecular formula is C22H28N4O2. The minimum atomic E-state index is 0.158. The van der Waals surface area contributed by atoms with Gasteiger partial charge in [-0.1, -0.05) is 24.3 Å². The van der Waals surface area contributed by atoms with Gasteiger partial charge in [0.05, 0.1) is 12.7 Å². The van der Waals surface area contributed by atoms with Crippen molar-refractivity contribution in [3.63, 3.8) is 0 Å². The Kier molecular flexibility index (Phi) is 5.74. The molecule has 3 heterocycles. The SMILES string of the molecule is O=C(Cc1cnc[nH]1)N1CCC(CCC(=O)N2CCc3ccccc3C2)CC1. The molecule has 1 aromatic heterocycles. The van der Waals surface area contributed by atoms with Gasteiger partial charge in [0, 0.05) is 44.5 Å². The summed E-state index contributed by atoms with van der Waals surface area (Å²) in [7, 11) is 0. The van der Waals surface area contributed by atoms with E-state index in [-0.39, 0.29) is 11.8 Å². The highest BCUT2D eigenvalue weighted by atomic mass is 16.2. The Bertz CT molecular complexity index is 810. The quantitative estimate of drug-likeness (QED) is 0.867. The van der Waals surface area contributed by atoms with E-state index >= 15 is 0 Å². The van der Waals surface area contributed by atoms with Crippen LogP contribution >= 0.6 is 0 Å². The number of carbonyl (C=O) groups excluding carboxylic acids is 2. The molecule has 1 N–H and O–H groups in total. The number of amides is 2. The molecule has 0 bridgehead atoms. The molecule has 0 spiro atoms. The van der Waals surface area contributed by atoms with Crippen molar-refractivity contribution in [3.8, 4) is 0 Å². The molecule has 1 aromatic carbocycles. The molecule has 2 aliphatic rings. The Hall–Kier alpha value is -2.63. The van der Waals surface area contributed by atoms with Crippen molar-refractivity contribution in [2.75, 3.05) is 19.6 Å². The van der Waals surface area contributed by atoms with Crippen LogP contribution in [0.2, 0.25) is 0 Å². The molecule has 2 aliphatic heterocycles. The van der Waals surface area contributed by atoms with Crippen molar-refractivity contribution in [2.24, 2.45) is 5.92 Å². The van der Waals surface area contributed by atoms with Gasteiger partial charge in [0.2, 0.25) is 11.8 Å². The van der Waals surface area contributed by atoms with Gasteiger partial charge in [0.25, 0.3) is 0 Å². The number of likely N-dealkylation sites (tertiary alicyclic amines) is 1. The maximum Gasteiger partial charge on any atom is 0.228 e. The molecule has 2 aromatic rings. The third kappa shape index (κ3) is 4.43. The fraction of sp³-hybridized carbons (Fsp3) is 0.500. The molecular weight excluding hydrogens is 352 g/mol. The monoisotopic (exact) mass is 380 g/mol. The summed E-state index contributed by atoms with van der Waals surface area (Å²) in [4.78, 5) is 35.9. The van der Waals surface area contributed by atoms with Gasteiger partial charge in [0.15, 0.2) is 0 Å². The number of imidazole rings is 1. The third-order valence-corrected chi connectivity index (χ3v) is 6.11. The normalized spacial score (nSPS) is 17.4. The maximum absolute atomic E-state index is 12.7. The average Bonchev–Trinajstić information content (AvgIpc) is 3.25. The summed E-state index contributed by atoms with van der Waals surface area (Å²) >= 11 is 0. The molecule has 6 nitrogen and oxygen atoms in total. The number of carbonyl (C=O) groups is 2. The molecule has 148 valence electrons. The molecule has 28 heavy (non-hydrogen) atoms. The number of piperidine rings is 1. The highest BCUT2D eigenvalue weighted by Gasteiger charge is 2.25. The zero-order valence-electron chi connectivity index (χ0n) is 16.3. The number of nitrogens with zero attached hydrogens (tertiary/aromatic N) is 3. The predicted molar refractivity (Wildman–Crippen MR) is 106 cm³/mol. The van der Waals surface area contributed by atoms with Crippen molar-refractivity contribution < 1.29 is 9.59 Å². The summed E-state index contributed by atoms with van der Waals surface area (Å²) in [6.45, 7) is 3.16. The summed E-state index contributed by atoms with van der Waals surface area (Å²) in [5.74, 6) is 0.968. The van der Waals surface area contributed by atoms with E-state index in [0.29, 0.717) is 18.8 Å². The summed E-state index contributed by atoms with van der Waals surface area (Å²) in [5, 5.41) is 0. The van der Waals surface area contributed by atoms with Crippen LogP contribution in [0.25, 0.3) is 0 Å². The van der Waals surface area contributed by atoms with Crippen LogP contribution < -0.4 is 0 Å². The van der Waals surface area contributed by atoms with Crippen molar-refractivity contribution in [1.82, 2.24) is 19.8 Å². The second kappa shape index (κ2) is 8.59. The van der Waals surface area contributed by atoms with E-state index in [0.717, 1.165) is 57.6 Å². The minimum absolute atomic E-state index is 0.158. The first-order valence-corrected chi connectivity index (χ1v) is 10.3. The molecule has 4 rings (SSSR count). The van der Waals surface area contributed by atoms with E-state index in [4.69, 9.17) is 0 Å². The zero-order chi connectivity index (χ0) is 19.3. The van der Waals surface area contributed by atoms with E-state index in [2.05, 4.69) is 28.2 Å². The van der Waals surface area contributed by atoms with Gasteiger partial charge >= 0.3 is 0 Å². The lowest BCUT2D eigenvalue weighted by atomic mass is 9.91. The number of aromatic amines is 1. The van der Waals surface area contributed by atoms with Crippen molar-refractivity contribution in [2.45, 2.75) is 45.1 Å². The Balaban J connectivity index is 1.19. The van der Waals surface area contributed by atoms with Crippen LogP contribution in [0.15, 0.2) is 36.8 Å². The van der Waals surface area contributed by atoms with Gasteiger partial charge in [-0.05, 0) is 42.7 Å². The smallest absolute Gasteiger partial charge is 0.228 e. The lowest BCUT2D eigenvalue weighted by molar-refractivity contribution is -0.134. The van der Waals surface area contributed by atoms with Crippen molar-refractivity contribution in [3.05, 3.63) is 53.6 Å². The molecule has 0 atom stereocenters. The van der Waals surface area contributed by atoms with E-state index in [9.17, 15) is 9.59 Å². The van der Waals surface area contributed by atoms with Crippen LogP contribution in [0.4, 0.5) is 0 Å². The van der Waals surface area contributed by atoms with Crippen LogP contribution in [0, 0.1) is 5.92 Å². The van der Waals surface area contributed by atoms with Crippen LogP contribution in [-0.4, -0.2) is 51.2 Å². The number of H-pyrrole nitrogens is 1. The first-order chi connectivity index (χ1) is 13.7. The molecule has 0 saturated carbocycles. The Morgan fingerprint density at radius 1 is 1.04 bits per heavy atom. The van der Waals surface area contributed by atoms with E-state index < -0.39 is 0 Å². The molecule has 2 amide bonds. The molecule has 0 aliphatic carbocycles. The molecule has 0 radical (unpaired) electrons.